The second kappa shape index (κ2) is 12.5. The highest BCUT2D eigenvalue weighted by Crippen LogP contribution is 2.39. The van der Waals surface area contributed by atoms with E-state index < -0.39 is 0 Å². The average molecular weight is 537 g/mol. The molecule has 1 atom stereocenters. The molecule has 0 spiro atoms. The summed E-state index contributed by atoms with van der Waals surface area (Å²) in [5, 5.41) is 3.90. The Balaban J connectivity index is 1.61. The lowest BCUT2D eigenvalue weighted by molar-refractivity contribution is 0.0526. The van der Waals surface area contributed by atoms with Crippen LogP contribution >= 0.6 is 12.2 Å². The highest BCUT2D eigenvalue weighted by Gasteiger charge is 2.32. The number of anilines is 1. The summed E-state index contributed by atoms with van der Waals surface area (Å²) >= 11 is 5.88. The number of hydrogen-bond acceptors (Lipinski definition) is 7. The number of methoxy groups -OCH3 is 3. The van der Waals surface area contributed by atoms with Gasteiger partial charge in [0.15, 0.2) is 16.6 Å². The van der Waals surface area contributed by atoms with Crippen LogP contribution < -0.4 is 24.3 Å². The van der Waals surface area contributed by atoms with Crippen LogP contribution in [-0.2, 0) is 11.2 Å². The quantitative estimate of drug-likeness (QED) is 0.291. The molecule has 4 rings (SSSR count). The summed E-state index contributed by atoms with van der Waals surface area (Å²) < 4.78 is 27.9. The van der Waals surface area contributed by atoms with E-state index in [-0.39, 0.29) is 12.0 Å². The van der Waals surface area contributed by atoms with Crippen molar-refractivity contribution < 1.29 is 28.5 Å². The number of nitrogens with zero attached hydrogens (tertiary/aromatic N) is 1. The van der Waals surface area contributed by atoms with E-state index in [1.165, 1.54) is 0 Å². The molecule has 200 valence electrons. The van der Waals surface area contributed by atoms with E-state index in [9.17, 15) is 4.79 Å². The zero-order valence-corrected chi connectivity index (χ0v) is 22.8. The van der Waals surface area contributed by atoms with E-state index in [1.54, 1.807) is 52.5 Å². The van der Waals surface area contributed by atoms with Gasteiger partial charge in [-0.2, -0.15) is 0 Å². The van der Waals surface area contributed by atoms with Crippen molar-refractivity contribution in [1.29, 1.82) is 0 Å². The molecule has 1 heterocycles. The monoisotopic (exact) mass is 536 g/mol. The first-order valence-electron chi connectivity index (χ1n) is 12.3. The SMILES string of the molecule is CCOC(=O)c1ccc(OC[C@@H]2c3cc(OC)c(OC)cc3CCN2C(=S)Nc2ccccc2OC)cc1. The number of nitrogens with one attached hydrogen (secondary N) is 1. The molecule has 0 aromatic heterocycles. The molecule has 0 bridgehead atoms. The van der Waals surface area contributed by atoms with Crippen LogP contribution in [0.4, 0.5) is 5.69 Å². The Morgan fingerprint density at radius 2 is 1.66 bits per heavy atom. The van der Waals surface area contributed by atoms with Crippen molar-refractivity contribution in [3.05, 3.63) is 77.4 Å². The summed E-state index contributed by atoms with van der Waals surface area (Å²) in [4.78, 5) is 14.1. The van der Waals surface area contributed by atoms with Gasteiger partial charge in [0.1, 0.15) is 18.1 Å². The molecule has 38 heavy (non-hydrogen) atoms. The van der Waals surface area contributed by atoms with Crippen LogP contribution in [0.5, 0.6) is 23.0 Å². The maximum Gasteiger partial charge on any atom is 0.338 e. The van der Waals surface area contributed by atoms with Crippen LogP contribution in [0.3, 0.4) is 0 Å². The first-order chi connectivity index (χ1) is 18.5. The Labute approximate surface area is 228 Å². The van der Waals surface area contributed by atoms with Crippen LogP contribution in [0.25, 0.3) is 0 Å². The highest BCUT2D eigenvalue weighted by molar-refractivity contribution is 7.80. The van der Waals surface area contributed by atoms with Crippen molar-refractivity contribution in [3.63, 3.8) is 0 Å². The molecule has 1 aliphatic heterocycles. The summed E-state index contributed by atoms with van der Waals surface area (Å²) in [5.74, 6) is 2.30. The van der Waals surface area contributed by atoms with Crippen molar-refractivity contribution in [2.75, 3.05) is 46.4 Å². The average Bonchev–Trinajstić information content (AvgIpc) is 2.95. The van der Waals surface area contributed by atoms with Crippen LogP contribution in [0.2, 0.25) is 0 Å². The van der Waals surface area contributed by atoms with Crippen LogP contribution in [0, 0.1) is 0 Å². The molecule has 9 heteroatoms. The predicted octanol–water partition coefficient (Wildman–Crippen LogP) is 5.26. The molecule has 0 amide bonds. The molecule has 0 saturated carbocycles. The van der Waals surface area contributed by atoms with Crippen LogP contribution in [0.1, 0.15) is 34.5 Å². The molecular weight excluding hydrogens is 504 g/mol. The van der Waals surface area contributed by atoms with Gasteiger partial charge in [-0.15, -0.1) is 0 Å². The molecule has 3 aromatic rings. The Bertz CT molecular complexity index is 1280. The predicted molar refractivity (Wildman–Crippen MR) is 150 cm³/mol. The van der Waals surface area contributed by atoms with Crippen molar-refractivity contribution in [2.45, 2.75) is 19.4 Å². The van der Waals surface area contributed by atoms with Gasteiger partial charge >= 0.3 is 5.97 Å². The highest BCUT2D eigenvalue weighted by atomic mass is 32.1. The maximum atomic E-state index is 12.0. The lowest BCUT2D eigenvalue weighted by Gasteiger charge is -2.39. The third-order valence-electron chi connectivity index (χ3n) is 6.39. The number of esters is 1. The van der Waals surface area contributed by atoms with Gasteiger partial charge in [0.25, 0.3) is 0 Å². The number of hydrogen-bond donors (Lipinski definition) is 1. The van der Waals surface area contributed by atoms with Crippen molar-refractivity contribution >= 4 is 29.0 Å². The number of para-hydroxylation sites is 2. The van der Waals surface area contributed by atoms with E-state index in [0.29, 0.717) is 53.4 Å². The molecule has 8 nitrogen and oxygen atoms in total. The maximum absolute atomic E-state index is 12.0. The zero-order valence-electron chi connectivity index (χ0n) is 22.0. The standard InChI is InChI=1S/C29H32N2O6S/c1-5-36-28(32)19-10-12-21(13-11-19)37-18-24-22-17-27(35-4)26(34-3)16-20(22)14-15-31(24)29(38)30-23-8-6-7-9-25(23)33-2/h6-13,16-17,24H,5,14-15,18H2,1-4H3,(H,30,38)/t24-/m1/s1. The topological polar surface area (TPSA) is 78.5 Å². The van der Waals surface area contributed by atoms with Gasteiger partial charge in [0.05, 0.1) is 45.2 Å². The van der Waals surface area contributed by atoms with Gasteiger partial charge in [-0.25, -0.2) is 4.79 Å². The number of rotatable bonds is 9. The van der Waals surface area contributed by atoms with Gasteiger partial charge < -0.3 is 33.9 Å². The lowest BCUT2D eigenvalue weighted by atomic mass is 9.92. The second-order valence-electron chi connectivity index (χ2n) is 8.55. The number of thiocarbonyl (C=S) groups is 1. The molecule has 1 N–H and O–H groups in total. The van der Waals surface area contributed by atoms with Gasteiger partial charge in [0, 0.05) is 6.54 Å². The normalized spacial score (nSPS) is 14.2. The van der Waals surface area contributed by atoms with Gasteiger partial charge in [-0.05, 0) is 85.2 Å². The minimum Gasteiger partial charge on any atom is -0.495 e. The summed E-state index contributed by atoms with van der Waals surface area (Å²) in [6, 6.07) is 18.4. The van der Waals surface area contributed by atoms with Crippen molar-refractivity contribution in [1.82, 2.24) is 4.90 Å². The number of ether oxygens (including phenoxy) is 5. The first kappa shape index (κ1) is 27.1. The van der Waals surface area contributed by atoms with Gasteiger partial charge in [-0.1, -0.05) is 12.1 Å². The van der Waals surface area contributed by atoms with E-state index in [4.69, 9.17) is 35.9 Å². The van der Waals surface area contributed by atoms with Crippen LogP contribution in [-0.4, -0.2) is 57.1 Å². The van der Waals surface area contributed by atoms with Crippen molar-refractivity contribution in [2.24, 2.45) is 0 Å². The molecule has 0 aliphatic carbocycles. The Morgan fingerprint density at radius 3 is 2.34 bits per heavy atom. The van der Waals surface area contributed by atoms with Crippen LogP contribution in [0.15, 0.2) is 60.7 Å². The number of fused-ring (bicyclic) bond motifs is 1. The Hall–Kier alpha value is -3.98. The van der Waals surface area contributed by atoms with E-state index in [0.717, 1.165) is 23.2 Å². The number of benzene rings is 3. The van der Waals surface area contributed by atoms with E-state index >= 15 is 0 Å². The molecule has 0 saturated heterocycles. The lowest BCUT2D eigenvalue weighted by Crippen LogP contribution is -2.44. The number of carbonyl (C=O) groups is 1. The molecule has 0 fully saturated rings. The largest absolute Gasteiger partial charge is 0.495 e. The third-order valence-corrected chi connectivity index (χ3v) is 6.72. The molecule has 1 aliphatic rings. The summed E-state index contributed by atoms with van der Waals surface area (Å²) in [6.07, 6.45) is 0.772. The Morgan fingerprint density at radius 1 is 0.974 bits per heavy atom. The van der Waals surface area contributed by atoms with Gasteiger partial charge in [0.2, 0.25) is 0 Å². The Kier molecular flexibility index (Phi) is 8.91. The number of carbonyl (C=O) groups excluding carboxylic acids is 1. The zero-order chi connectivity index (χ0) is 27.1. The van der Waals surface area contributed by atoms with E-state index in [2.05, 4.69) is 10.2 Å². The molecule has 0 radical (unpaired) electrons. The first-order valence-corrected chi connectivity index (χ1v) is 12.7. The van der Waals surface area contributed by atoms with Crippen molar-refractivity contribution in [3.8, 4) is 23.0 Å². The fourth-order valence-corrected chi connectivity index (χ4v) is 4.79. The summed E-state index contributed by atoms with van der Waals surface area (Å²) in [5.41, 5.74) is 3.45. The molecule has 3 aromatic carbocycles. The minimum absolute atomic E-state index is 0.210. The molecule has 0 unspecified atom stereocenters. The summed E-state index contributed by atoms with van der Waals surface area (Å²) in [7, 11) is 4.88. The van der Waals surface area contributed by atoms with Gasteiger partial charge in [-0.3, -0.25) is 0 Å². The smallest absolute Gasteiger partial charge is 0.338 e. The fourth-order valence-electron chi connectivity index (χ4n) is 4.46. The summed E-state index contributed by atoms with van der Waals surface area (Å²) in [6.45, 7) is 3.10. The second-order valence-corrected chi connectivity index (χ2v) is 8.94. The molecular formula is C29H32N2O6S. The van der Waals surface area contributed by atoms with E-state index in [1.807, 2.05) is 36.4 Å². The minimum atomic E-state index is -0.361. The third kappa shape index (κ3) is 5.94. The fraction of sp³-hybridized carbons (Fsp3) is 0.310.